The quantitative estimate of drug-likeness (QED) is 0.429. The smallest absolute Gasteiger partial charge is 0.338 e. The molecule has 1 aliphatic rings. The lowest BCUT2D eigenvalue weighted by Gasteiger charge is -2.23. The number of carbonyl (C=O) groups is 1. The second kappa shape index (κ2) is 9.79. The Hall–Kier alpha value is -2.49. The van der Waals surface area contributed by atoms with E-state index in [2.05, 4.69) is 20.9 Å². The Balaban J connectivity index is 1.85. The number of ether oxygens (including phenoxy) is 2. The van der Waals surface area contributed by atoms with E-state index in [1.165, 1.54) is 22.7 Å². The van der Waals surface area contributed by atoms with Gasteiger partial charge in [-0.15, -0.1) is 11.3 Å². The van der Waals surface area contributed by atoms with Gasteiger partial charge in [0.15, 0.2) is 4.80 Å². The number of thiophene rings is 1. The standard InChI is InChI=1S/C24H23BrN2O4S2/c1-5-30-23(29)20-14(4)26-24-27(21(20)18-7-6-10-32-18)22(28)19(33-24)12-15-8-9-17(16(25)11-15)31-13(2)3/h6-13,21H,5H2,1-4H3/b19-12-/t21-/m1/s1. The van der Waals surface area contributed by atoms with E-state index in [0.29, 0.717) is 20.6 Å². The number of aromatic nitrogens is 1. The van der Waals surface area contributed by atoms with Crippen molar-refractivity contribution in [3.63, 3.8) is 0 Å². The van der Waals surface area contributed by atoms with Gasteiger partial charge in [0, 0.05) is 4.88 Å². The monoisotopic (exact) mass is 546 g/mol. The number of thiazole rings is 1. The van der Waals surface area contributed by atoms with E-state index in [-0.39, 0.29) is 18.3 Å². The molecule has 6 nitrogen and oxygen atoms in total. The summed E-state index contributed by atoms with van der Waals surface area (Å²) < 4.78 is 14.0. The highest BCUT2D eigenvalue weighted by Crippen LogP contribution is 2.33. The van der Waals surface area contributed by atoms with Crippen LogP contribution in [0.2, 0.25) is 0 Å². The zero-order valence-electron chi connectivity index (χ0n) is 18.6. The van der Waals surface area contributed by atoms with Gasteiger partial charge in [0.05, 0.1) is 33.0 Å². The summed E-state index contributed by atoms with van der Waals surface area (Å²) in [5.41, 5.74) is 1.64. The number of hydrogen-bond acceptors (Lipinski definition) is 7. The second-order valence-electron chi connectivity index (χ2n) is 7.67. The lowest BCUT2D eigenvalue weighted by atomic mass is 10.0. The zero-order chi connectivity index (χ0) is 23.7. The Kier molecular flexibility index (Phi) is 7.02. The van der Waals surface area contributed by atoms with Gasteiger partial charge >= 0.3 is 5.97 Å². The van der Waals surface area contributed by atoms with Crippen LogP contribution in [0.25, 0.3) is 6.08 Å². The maximum absolute atomic E-state index is 13.5. The van der Waals surface area contributed by atoms with Gasteiger partial charge in [-0.1, -0.05) is 23.5 Å². The van der Waals surface area contributed by atoms with Crippen LogP contribution in [0, 0.1) is 0 Å². The number of benzene rings is 1. The summed E-state index contributed by atoms with van der Waals surface area (Å²) >= 11 is 6.35. The Morgan fingerprint density at radius 2 is 2.12 bits per heavy atom. The molecule has 0 amide bonds. The highest BCUT2D eigenvalue weighted by molar-refractivity contribution is 9.10. The fourth-order valence-corrected chi connectivity index (χ4v) is 5.98. The molecule has 0 saturated heterocycles. The summed E-state index contributed by atoms with van der Waals surface area (Å²) in [6.07, 6.45) is 1.90. The molecule has 1 atom stereocenters. The van der Waals surface area contributed by atoms with E-state index in [4.69, 9.17) is 9.47 Å². The molecule has 0 bridgehead atoms. The van der Waals surface area contributed by atoms with Gasteiger partial charge in [-0.2, -0.15) is 0 Å². The summed E-state index contributed by atoms with van der Waals surface area (Å²) in [6, 6.07) is 8.98. The van der Waals surface area contributed by atoms with Crippen molar-refractivity contribution in [3.8, 4) is 5.75 Å². The van der Waals surface area contributed by atoms with Gasteiger partial charge in [-0.3, -0.25) is 9.36 Å². The van der Waals surface area contributed by atoms with Crippen molar-refractivity contribution in [1.82, 2.24) is 4.57 Å². The fraction of sp³-hybridized carbons (Fsp3) is 0.292. The lowest BCUT2D eigenvalue weighted by Crippen LogP contribution is -2.39. The van der Waals surface area contributed by atoms with Crippen LogP contribution in [0.3, 0.4) is 0 Å². The highest BCUT2D eigenvalue weighted by Gasteiger charge is 2.33. The summed E-state index contributed by atoms with van der Waals surface area (Å²) in [6.45, 7) is 7.74. The topological polar surface area (TPSA) is 69.9 Å². The molecule has 3 aromatic rings. The number of hydrogen-bond donors (Lipinski definition) is 0. The minimum atomic E-state index is -0.559. The van der Waals surface area contributed by atoms with Crippen LogP contribution in [0.5, 0.6) is 5.75 Å². The first kappa shape index (κ1) is 23.7. The van der Waals surface area contributed by atoms with E-state index in [9.17, 15) is 9.59 Å². The van der Waals surface area contributed by atoms with Crippen LogP contribution in [-0.4, -0.2) is 23.2 Å². The van der Waals surface area contributed by atoms with Crippen LogP contribution in [0.4, 0.5) is 0 Å². The van der Waals surface area contributed by atoms with Crippen LogP contribution in [-0.2, 0) is 9.53 Å². The molecule has 1 aromatic carbocycles. The maximum atomic E-state index is 13.5. The molecule has 3 heterocycles. The Labute approximate surface area is 207 Å². The average Bonchev–Trinajstić information content (AvgIpc) is 3.38. The van der Waals surface area contributed by atoms with Crippen molar-refractivity contribution >= 4 is 50.6 Å². The van der Waals surface area contributed by atoms with E-state index < -0.39 is 12.0 Å². The van der Waals surface area contributed by atoms with Crippen molar-refractivity contribution in [2.45, 2.75) is 39.8 Å². The van der Waals surface area contributed by atoms with Gasteiger partial charge in [0.25, 0.3) is 5.56 Å². The van der Waals surface area contributed by atoms with E-state index in [1.807, 2.05) is 55.6 Å². The number of allylic oxidation sites excluding steroid dienone is 1. The minimum absolute atomic E-state index is 0.0601. The SMILES string of the molecule is CCOC(=O)C1=C(C)N=c2s/c(=C\c3ccc(OC(C)C)c(Br)c3)c(=O)n2[C@@H]1c1cccs1. The van der Waals surface area contributed by atoms with Crippen LogP contribution >= 0.6 is 38.6 Å². The largest absolute Gasteiger partial charge is 0.490 e. The van der Waals surface area contributed by atoms with Crippen LogP contribution < -0.4 is 19.6 Å². The average molecular weight is 547 g/mol. The van der Waals surface area contributed by atoms with Gasteiger partial charge < -0.3 is 9.47 Å². The molecule has 172 valence electrons. The molecule has 0 unspecified atom stereocenters. The first-order valence-electron chi connectivity index (χ1n) is 10.5. The number of fused-ring (bicyclic) bond motifs is 1. The lowest BCUT2D eigenvalue weighted by molar-refractivity contribution is -0.139. The molecule has 0 aliphatic carbocycles. The van der Waals surface area contributed by atoms with Gasteiger partial charge in [-0.25, -0.2) is 9.79 Å². The number of nitrogens with zero attached hydrogens (tertiary/aromatic N) is 2. The number of rotatable bonds is 6. The Bertz CT molecular complexity index is 1400. The van der Waals surface area contributed by atoms with E-state index >= 15 is 0 Å². The molecular formula is C24H23BrN2O4S2. The summed E-state index contributed by atoms with van der Waals surface area (Å²) in [4.78, 5) is 32.4. The first-order chi connectivity index (χ1) is 15.8. The Morgan fingerprint density at radius 1 is 1.33 bits per heavy atom. The number of esters is 1. The second-order valence-corrected chi connectivity index (χ2v) is 10.5. The predicted octanol–water partition coefficient (Wildman–Crippen LogP) is 4.41. The normalized spacial score (nSPS) is 16.1. The van der Waals surface area contributed by atoms with E-state index in [0.717, 1.165) is 20.7 Å². The van der Waals surface area contributed by atoms with Crippen molar-refractivity contribution in [1.29, 1.82) is 0 Å². The molecule has 0 spiro atoms. The minimum Gasteiger partial charge on any atom is -0.490 e. The molecule has 9 heteroatoms. The zero-order valence-corrected chi connectivity index (χ0v) is 21.8. The molecule has 4 rings (SSSR count). The fourth-order valence-electron chi connectivity index (χ4n) is 3.62. The highest BCUT2D eigenvalue weighted by atomic mass is 79.9. The molecule has 1 aliphatic heterocycles. The molecule has 0 radical (unpaired) electrons. The summed E-state index contributed by atoms with van der Waals surface area (Å²) in [5.74, 6) is 0.298. The van der Waals surface area contributed by atoms with Gasteiger partial charge in [0.1, 0.15) is 11.8 Å². The third kappa shape index (κ3) is 4.76. The molecule has 0 saturated carbocycles. The summed E-state index contributed by atoms with van der Waals surface area (Å²) in [7, 11) is 0. The molecule has 0 fully saturated rings. The molecular weight excluding hydrogens is 524 g/mol. The van der Waals surface area contributed by atoms with Gasteiger partial charge in [-0.05, 0) is 78.8 Å². The first-order valence-corrected chi connectivity index (χ1v) is 13.0. The Morgan fingerprint density at radius 3 is 2.76 bits per heavy atom. The predicted molar refractivity (Wildman–Crippen MR) is 135 cm³/mol. The van der Waals surface area contributed by atoms with E-state index in [1.54, 1.807) is 18.4 Å². The molecule has 2 aromatic heterocycles. The van der Waals surface area contributed by atoms with Gasteiger partial charge in [0.2, 0.25) is 0 Å². The van der Waals surface area contributed by atoms with Crippen LogP contribution in [0.15, 0.2) is 61.2 Å². The third-order valence-electron chi connectivity index (χ3n) is 4.95. The van der Waals surface area contributed by atoms with Crippen molar-refractivity contribution in [3.05, 3.63) is 81.6 Å². The van der Waals surface area contributed by atoms with Crippen molar-refractivity contribution < 1.29 is 14.3 Å². The number of halogens is 1. The maximum Gasteiger partial charge on any atom is 0.338 e. The van der Waals surface area contributed by atoms with Crippen molar-refractivity contribution in [2.75, 3.05) is 6.61 Å². The molecule has 0 N–H and O–H groups in total. The summed E-state index contributed by atoms with van der Waals surface area (Å²) in [5, 5.41) is 1.93. The van der Waals surface area contributed by atoms with Crippen molar-refractivity contribution in [2.24, 2.45) is 4.99 Å². The number of carbonyl (C=O) groups excluding carboxylic acids is 1. The third-order valence-corrected chi connectivity index (χ3v) is 7.47. The van der Waals surface area contributed by atoms with Crippen LogP contribution in [0.1, 0.15) is 44.2 Å². The molecule has 33 heavy (non-hydrogen) atoms.